The Kier molecular flexibility index (Phi) is 3.95. The number of rotatable bonds is 4. The lowest BCUT2D eigenvalue weighted by atomic mass is 9.84. The van der Waals surface area contributed by atoms with Crippen LogP contribution in [0.2, 0.25) is 0 Å². The molecule has 0 amide bonds. The highest BCUT2D eigenvalue weighted by molar-refractivity contribution is 9.10. The molecule has 0 spiro atoms. The standard InChI is InChI=1S/C16H20BrFO/c17-16-9-14(18)4-3-12(16)7-15(19)8-13-6-10-1-2-11(13)5-10/h3-4,9-11,13,15,19H,1-2,5-8H2. The van der Waals surface area contributed by atoms with Gasteiger partial charge in [-0.2, -0.15) is 0 Å². The van der Waals surface area contributed by atoms with E-state index in [0.717, 1.165) is 28.3 Å². The zero-order valence-electron chi connectivity index (χ0n) is 11.0. The fourth-order valence-electron chi connectivity index (χ4n) is 4.04. The summed E-state index contributed by atoms with van der Waals surface area (Å²) in [6, 6.07) is 4.70. The first-order chi connectivity index (χ1) is 9.11. The van der Waals surface area contributed by atoms with E-state index in [4.69, 9.17) is 0 Å². The lowest BCUT2D eigenvalue weighted by Crippen LogP contribution is -2.20. The van der Waals surface area contributed by atoms with Crippen LogP contribution in [0, 0.1) is 23.6 Å². The molecule has 104 valence electrons. The van der Waals surface area contributed by atoms with Crippen molar-refractivity contribution in [1.82, 2.24) is 0 Å². The SMILES string of the molecule is OC(Cc1ccc(F)cc1Br)CC1CC2CCC1C2. The van der Waals surface area contributed by atoms with Gasteiger partial charge in [-0.05, 0) is 67.6 Å². The van der Waals surface area contributed by atoms with Crippen molar-refractivity contribution < 1.29 is 9.50 Å². The fourth-order valence-corrected chi connectivity index (χ4v) is 4.55. The molecule has 0 saturated heterocycles. The number of halogens is 2. The molecule has 4 unspecified atom stereocenters. The van der Waals surface area contributed by atoms with E-state index >= 15 is 0 Å². The molecule has 2 bridgehead atoms. The summed E-state index contributed by atoms with van der Waals surface area (Å²) in [6.07, 6.45) is 6.69. The summed E-state index contributed by atoms with van der Waals surface area (Å²) in [5.74, 6) is 2.27. The van der Waals surface area contributed by atoms with Crippen LogP contribution in [0.5, 0.6) is 0 Å². The predicted octanol–water partition coefficient (Wildman–Crippen LogP) is 4.32. The van der Waals surface area contributed by atoms with E-state index < -0.39 is 0 Å². The van der Waals surface area contributed by atoms with Gasteiger partial charge in [-0.15, -0.1) is 0 Å². The van der Waals surface area contributed by atoms with E-state index in [-0.39, 0.29) is 11.9 Å². The Balaban J connectivity index is 1.57. The molecule has 1 aromatic carbocycles. The average molecular weight is 327 g/mol. The minimum atomic E-state index is -0.300. The Hall–Kier alpha value is -0.410. The summed E-state index contributed by atoms with van der Waals surface area (Å²) >= 11 is 3.37. The molecular weight excluding hydrogens is 307 g/mol. The first-order valence-electron chi connectivity index (χ1n) is 7.24. The number of hydrogen-bond donors (Lipinski definition) is 1. The van der Waals surface area contributed by atoms with Gasteiger partial charge >= 0.3 is 0 Å². The minimum Gasteiger partial charge on any atom is -0.393 e. The molecule has 1 N–H and O–H groups in total. The lowest BCUT2D eigenvalue weighted by Gasteiger charge is -2.24. The third-order valence-corrected chi connectivity index (χ3v) is 5.67. The minimum absolute atomic E-state index is 0.238. The van der Waals surface area contributed by atoms with Gasteiger partial charge in [-0.3, -0.25) is 0 Å². The zero-order chi connectivity index (χ0) is 13.4. The molecule has 0 aromatic heterocycles. The monoisotopic (exact) mass is 326 g/mol. The largest absolute Gasteiger partial charge is 0.393 e. The van der Waals surface area contributed by atoms with E-state index in [1.165, 1.54) is 37.8 Å². The van der Waals surface area contributed by atoms with Crippen LogP contribution in [0.1, 0.15) is 37.7 Å². The smallest absolute Gasteiger partial charge is 0.124 e. The molecule has 0 aliphatic heterocycles. The van der Waals surface area contributed by atoms with Crippen molar-refractivity contribution in [3.8, 4) is 0 Å². The Labute approximate surface area is 122 Å². The van der Waals surface area contributed by atoms with E-state index in [0.29, 0.717) is 12.3 Å². The predicted molar refractivity (Wildman–Crippen MR) is 77.4 cm³/mol. The summed E-state index contributed by atoms with van der Waals surface area (Å²) in [7, 11) is 0. The zero-order valence-corrected chi connectivity index (χ0v) is 12.6. The molecule has 0 radical (unpaired) electrons. The molecule has 3 rings (SSSR count). The lowest BCUT2D eigenvalue weighted by molar-refractivity contribution is 0.124. The maximum atomic E-state index is 13.0. The van der Waals surface area contributed by atoms with Crippen LogP contribution in [0.3, 0.4) is 0 Å². The molecule has 1 nitrogen and oxygen atoms in total. The first-order valence-corrected chi connectivity index (χ1v) is 8.03. The maximum Gasteiger partial charge on any atom is 0.124 e. The molecule has 3 heteroatoms. The van der Waals surface area contributed by atoms with Gasteiger partial charge in [0.05, 0.1) is 6.10 Å². The van der Waals surface area contributed by atoms with E-state index in [1.54, 1.807) is 6.07 Å². The highest BCUT2D eigenvalue weighted by atomic mass is 79.9. The van der Waals surface area contributed by atoms with Gasteiger partial charge in [-0.1, -0.05) is 28.4 Å². The summed E-state index contributed by atoms with van der Waals surface area (Å²) < 4.78 is 13.8. The molecule has 0 heterocycles. The highest BCUT2D eigenvalue weighted by Gasteiger charge is 2.39. The molecule has 2 saturated carbocycles. The van der Waals surface area contributed by atoms with Crippen molar-refractivity contribution >= 4 is 15.9 Å². The number of hydrogen-bond acceptors (Lipinski definition) is 1. The molecular formula is C16H20BrFO. The van der Waals surface area contributed by atoms with Crippen LogP contribution < -0.4 is 0 Å². The summed E-state index contributed by atoms with van der Waals surface area (Å²) in [4.78, 5) is 0. The third-order valence-electron chi connectivity index (χ3n) is 4.93. The van der Waals surface area contributed by atoms with Crippen LogP contribution in [0.15, 0.2) is 22.7 Å². The summed E-state index contributed by atoms with van der Waals surface area (Å²) in [5, 5.41) is 10.3. The Morgan fingerprint density at radius 3 is 2.79 bits per heavy atom. The van der Waals surface area contributed by atoms with E-state index in [2.05, 4.69) is 15.9 Å². The van der Waals surface area contributed by atoms with Gasteiger partial charge in [-0.25, -0.2) is 4.39 Å². The average Bonchev–Trinajstić information content (AvgIpc) is 2.95. The van der Waals surface area contributed by atoms with E-state index in [1.807, 2.05) is 0 Å². The molecule has 1 aromatic rings. The van der Waals surface area contributed by atoms with Crippen molar-refractivity contribution in [2.24, 2.45) is 17.8 Å². The second-order valence-corrected chi connectivity index (χ2v) is 7.12. The van der Waals surface area contributed by atoms with Crippen LogP contribution in [0.4, 0.5) is 4.39 Å². The summed E-state index contributed by atoms with van der Waals surface area (Å²) in [6.45, 7) is 0. The number of aliphatic hydroxyl groups is 1. The van der Waals surface area contributed by atoms with Gasteiger partial charge in [0, 0.05) is 4.47 Å². The molecule has 19 heavy (non-hydrogen) atoms. The van der Waals surface area contributed by atoms with Gasteiger partial charge in [0.15, 0.2) is 0 Å². The quantitative estimate of drug-likeness (QED) is 0.873. The Bertz CT molecular complexity index is 462. The molecule has 2 fully saturated rings. The molecule has 2 aliphatic carbocycles. The highest BCUT2D eigenvalue weighted by Crippen LogP contribution is 2.50. The van der Waals surface area contributed by atoms with Crippen molar-refractivity contribution in [2.45, 2.75) is 44.6 Å². The normalized spacial score (nSPS) is 30.8. The fraction of sp³-hybridized carbons (Fsp3) is 0.625. The Morgan fingerprint density at radius 1 is 1.32 bits per heavy atom. The second kappa shape index (κ2) is 5.53. The van der Waals surface area contributed by atoms with Crippen LogP contribution in [-0.4, -0.2) is 11.2 Å². The topological polar surface area (TPSA) is 20.2 Å². The van der Waals surface area contributed by atoms with Gasteiger partial charge in [0.1, 0.15) is 5.82 Å². The van der Waals surface area contributed by atoms with Crippen molar-refractivity contribution in [3.05, 3.63) is 34.1 Å². The third kappa shape index (κ3) is 3.03. The summed E-state index contributed by atoms with van der Waals surface area (Å²) in [5.41, 5.74) is 0.997. The maximum absolute atomic E-state index is 13.0. The van der Waals surface area contributed by atoms with Crippen LogP contribution in [0.25, 0.3) is 0 Å². The molecule has 4 atom stereocenters. The van der Waals surface area contributed by atoms with Crippen molar-refractivity contribution in [3.63, 3.8) is 0 Å². The van der Waals surface area contributed by atoms with Gasteiger partial charge in [0.25, 0.3) is 0 Å². The molecule has 2 aliphatic rings. The van der Waals surface area contributed by atoms with Crippen LogP contribution in [-0.2, 0) is 6.42 Å². The van der Waals surface area contributed by atoms with Crippen molar-refractivity contribution in [1.29, 1.82) is 0 Å². The number of fused-ring (bicyclic) bond motifs is 2. The van der Waals surface area contributed by atoms with Crippen LogP contribution >= 0.6 is 15.9 Å². The van der Waals surface area contributed by atoms with Crippen molar-refractivity contribution in [2.75, 3.05) is 0 Å². The number of aliphatic hydroxyl groups excluding tert-OH is 1. The first kappa shape index (κ1) is 13.6. The Morgan fingerprint density at radius 2 is 2.16 bits per heavy atom. The second-order valence-electron chi connectivity index (χ2n) is 6.26. The number of benzene rings is 1. The van der Waals surface area contributed by atoms with E-state index in [9.17, 15) is 9.50 Å². The van der Waals surface area contributed by atoms with Gasteiger partial charge < -0.3 is 5.11 Å². The van der Waals surface area contributed by atoms with Gasteiger partial charge in [0.2, 0.25) is 0 Å².